The fraction of sp³-hybridized carbons (Fsp3) is 0.111. The lowest BCUT2D eigenvalue weighted by atomic mass is 10.0. The van der Waals surface area contributed by atoms with Crippen molar-refractivity contribution in [2.45, 2.75) is 13.1 Å². The van der Waals surface area contributed by atoms with Gasteiger partial charge in [-0.25, -0.2) is 18.7 Å². The summed E-state index contributed by atoms with van der Waals surface area (Å²) >= 11 is 5.72. The minimum Gasteiger partial charge on any atom is -0.436 e. The first-order valence-corrected chi connectivity index (χ1v) is 7.87. The lowest BCUT2D eigenvalue weighted by Crippen LogP contribution is -2.06. The Hall–Kier alpha value is -2.74. The van der Waals surface area contributed by atoms with Crippen molar-refractivity contribution in [2.75, 3.05) is 0 Å². The molecule has 3 rings (SSSR count). The Morgan fingerprint density at radius 3 is 2.44 bits per heavy atom. The third-order valence-corrected chi connectivity index (χ3v) is 3.85. The predicted molar refractivity (Wildman–Crippen MR) is 88.6 cm³/mol. The highest BCUT2D eigenvalue weighted by molar-refractivity contribution is 6.29. The molecule has 2 heterocycles. The number of rotatable bonds is 3. The van der Waals surface area contributed by atoms with Crippen LogP contribution >= 0.6 is 11.6 Å². The van der Waals surface area contributed by atoms with Crippen LogP contribution in [-0.2, 0) is 6.18 Å². The second kappa shape index (κ2) is 7.11. The fourth-order valence-electron chi connectivity index (χ4n) is 2.30. The van der Waals surface area contributed by atoms with Crippen LogP contribution in [0.5, 0.6) is 11.6 Å². The van der Waals surface area contributed by atoms with Crippen molar-refractivity contribution >= 4 is 11.6 Å². The average Bonchev–Trinajstić information content (AvgIpc) is 2.61. The molecule has 27 heavy (non-hydrogen) atoms. The van der Waals surface area contributed by atoms with E-state index in [1.54, 1.807) is 0 Å². The maximum Gasteiger partial charge on any atom is 0.416 e. The molecule has 0 saturated carbocycles. The molecule has 2 aromatic heterocycles. The molecule has 0 atom stereocenters. The van der Waals surface area contributed by atoms with E-state index in [4.69, 9.17) is 16.3 Å². The van der Waals surface area contributed by atoms with Gasteiger partial charge in [-0.3, -0.25) is 0 Å². The van der Waals surface area contributed by atoms with Gasteiger partial charge in [0.25, 0.3) is 5.88 Å². The maximum absolute atomic E-state index is 14.5. The van der Waals surface area contributed by atoms with Crippen molar-refractivity contribution in [1.29, 1.82) is 0 Å². The summed E-state index contributed by atoms with van der Waals surface area (Å²) < 4.78 is 72.9. The zero-order valence-electron chi connectivity index (χ0n) is 13.6. The van der Waals surface area contributed by atoms with Crippen molar-refractivity contribution in [3.05, 3.63) is 70.5 Å². The van der Waals surface area contributed by atoms with Gasteiger partial charge in [0.1, 0.15) is 16.6 Å². The standard InChI is InChI=1S/C18H10ClF5N2O/c1-9-14(20)16(10-3-2-4-11(7-10)18(22,23)24)26-17(15(9)21)27-12-5-6-25-13(19)8-12/h2-8H,1H3. The summed E-state index contributed by atoms with van der Waals surface area (Å²) in [5.74, 6) is -2.66. The van der Waals surface area contributed by atoms with Gasteiger partial charge in [0.15, 0.2) is 11.6 Å². The first-order chi connectivity index (χ1) is 12.7. The summed E-state index contributed by atoms with van der Waals surface area (Å²) in [4.78, 5) is 7.49. The monoisotopic (exact) mass is 400 g/mol. The summed E-state index contributed by atoms with van der Waals surface area (Å²) in [6.45, 7) is 1.13. The molecule has 1 aromatic carbocycles. The fourth-order valence-corrected chi connectivity index (χ4v) is 2.46. The van der Waals surface area contributed by atoms with Gasteiger partial charge in [-0.15, -0.1) is 0 Å². The highest BCUT2D eigenvalue weighted by Crippen LogP contribution is 2.35. The predicted octanol–water partition coefficient (Wildman–Crippen LogP) is 6.19. The van der Waals surface area contributed by atoms with Crippen LogP contribution in [0.3, 0.4) is 0 Å². The van der Waals surface area contributed by atoms with Crippen LogP contribution in [0.25, 0.3) is 11.3 Å². The van der Waals surface area contributed by atoms with E-state index in [0.717, 1.165) is 25.1 Å². The molecule has 0 spiro atoms. The summed E-state index contributed by atoms with van der Waals surface area (Å²) in [5, 5.41) is 0.0739. The van der Waals surface area contributed by atoms with Crippen LogP contribution < -0.4 is 4.74 Å². The number of nitrogens with zero attached hydrogens (tertiary/aromatic N) is 2. The van der Waals surface area contributed by atoms with E-state index in [0.29, 0.717) is 0 Å². The lowest BCUT2D eigenvalue weighted by molar-refractivity contribution is -0.137. The van der Waals surface area contributed by atoms with Crippen LogP contribution in [0, 0.1) is 18.6 Å². The number of halogens is 6. The molecule has 0 aliphatic carbocycles. The molecule has 0 bridgehead atoms. The summed E-state index contributed by atoms with van der Waals surface area (Å²) in [6, 6.07) is 6.58. The Morgan fingerprint density at radius 1 is 1.04 bits per heavy atom. The van der Waals surface area contributed by atoms with Crippen LogP contribution in [0.4, 0.5) is 22.0 Å². The summed E-state index contributed by atoms with van der Waals surface area (Å²) in [7, 11) is 0. The molecule has 0 unspecified atom stereocenters. The van der Waals surface area contributed by atoms with E-state index in [2.05, 4.69) is 9.97 Å². The van der Waals surface area contributed by atoms with Crippen LogP contribution in [-0.4, -0.2) is 9.97 Å². The molecule has 3 aromatic rings. The van der Waals surface area contributed by atoms with Crippen molar-refractivity contribution in [3.8, 4) is 22.9 Å². The first kappa shape index (κ1) is 19.0. The Bertz CT molecular complexity index is 1010. The van der Waals surface area contributed by atoms with Crippen LogP contribution in [0.2, 0.25) is 5.15 Å². The minimum atomic E-state index is -4.62. The van der Waals surface area contributed by atoms with Gasteiger partial charge in [-0.05, 0) is 25.1 Å². The molecule has 140 valence electrons. The number of benzene rings is 1. The van der Waals surface area contributed by atoms with Gasteiger partial charge in [0.05, 0.1) is 5.56 Å². The van der Waals surface area contributed by atoms with E-state index in [9.17, 15) is 22.0 Å². The van der Waals surface area contributed by atoms with E-state index in [-0.39, 0.29) is 16.5 Å². The van der Waals surface area contributed by atoms with E-state index in [1.165, 1.54) is 24.4 Å². The number of alkyl halides is 3. The van der Waals surface area contributed by atoms with Gasteiger partial charge in [0.2, 0.25) is 0 Å². The normalized spacial score (nSPS) is 11.5. The van der Waals surface area contributed by atoms with Crippen molar-refractivity contribution < 1.29 is 26.7 Å². The Labute approximate surface area is 155 Å². The van der Waals surface area contributed by atoms with Gasteiger partial charge in [0, 0.05) is 23.4 Å². The molecular formula is C18H10ClF5N2O. The average molecular weight is 401 g/mol. The number of hydrogen-bond acceptors (Lipinski definition) is 3. The van der Waals surface area contributed by atoms with Gasteiger partial charge >= 0.3 is 6.18 Å². The second-order valence-corrected chi connectivity index (χ2v) is 5.90. The number of hydrogen-bond donors (Lipinski definition) is 0. The van der Waals surface area contributed by atoms with E-state index < -0.39 is 40.5 Å². The Morgan fingerprint density at radius 2 is 1.78 bits per heavy atom. The SMILES string of the molecule is Cc1c(F)c(Oc2ccnc(Cl)c2)nc(-c2cccc(C(F)(F)F)c2)c1F. The largest absolute Gasteiger partial charge is 0.436 e. The molecule has 0 N–H and O–H groups in total. The first-order valence-electron chi connectivity index (χ1n) is 7.49. The van der Waals surface area contributed by atoms with E-state index >= 15 is 0 Å². The summed E-state index contributed by atoms with van der Waals surface area (Å²) in [5.41, 5.74) is -2.04. The van der Waals surface area contributed by atoms with Crippen LogP contribution in [0.15, 0.2) is 42.6 Å². The number of ether oxygens (including phenoxy) is 1. The van der Waals surface area contributed by atoms with Gasteiger partial charge in [-0.2, -0.15) is 13.2 Å². The quantitative estimate of drug-likeness (QED) is 0.388. The molecule has 0 aliphatic heterocycles. The Kier molecular flexibility index (Phi) is 5.01. The zero-order valence-corrected chi connectivity index (χ0v) is 14.4. The van der Waals surface area contributed by atoms with Crippen LogP contribution in [0.1, 0.15) is 11.1 Å². The topological polar surface area (TPSA) is 35.0 Å². The molecule has 9 heteroatoms. The third-order valence-electron chi connectivity index (χ3n) is 3.64. The summed E-state index contributed by atoms with van der Waals surface area (Å²) in [6.07, 6.45) is -3.31. The zero-order chi connectivity index (χ0) is 19.8. The molecule has 0 aliphatic rings. The highest BCUT2D eigenvalue weighted by Gasteiger charge is 2.31. The van der Waals surface area contributed by atoms with Crippen molar-refractivity contribution in [1.82, 2.24) is 9.97 Å². The molecule has 0 amide bonds. The van der Waals surface area contributed by atoms with Gasteiger partial charge in [-0.1, -0.05) is 23.7 Å². The molecule has 3 nitrogen and oxygen atoms in total. The highest BCUT2D eigenvalue weighted by atomic mass is 35.5. The molecular weight excluding hydrogens is 391 g/mol. The maximum atomic E-state index is 14.5. The van der Waals surface area contributed by atoms with Crippen molar-refractivity contribution in [3.63, 3.8) is 0 Å². The molecule has 0 fully saturated rings. The molecule has 0 radical (unpaired) electrons. The van der Waals surface area contributed by atoms with E-state index in [1.807, 2.05) is 0 Å². The molecule has 0 saturated heterocycles. The number of aromatic nitrogens is 2. The number of pyridine rings is 2. The van der Waals surface area contributed by atoms with Gasteiger partial charge < -0.3 is 4.74 Å². The Balaban J connectivity index is 2.11. The lowest BCUT2D eigenvalue weighted by Gasteiger charge is -2.13. The smallest absolute Gasteiger partial charge is 0.416 e. The minimum absolute atomic E-state index is 0.0739. The van der Waals surface area contributed by atoms with Crippen molar-refractivity contribution in [2.24, 2.45) is 0 Å². The second-order valence-electron chi connectivity index (χ2n) is 5.51. The third kappa shape index (κ3) is 4.00.